The molecule has 0 fully saturated rings. The van der Waals surface area contributed by atoms with Gasteiger partial charge >= 0.3 is 0 Å². The topological polar surface area (TPSA) is 21.3 Å². The minimum Gasteiger partial charge on any atom is -0.491 e. The van der Waals surface area contributed by atoms with Crippen molar-refractivity contribution in [3.8, 4) is 5.75 Å². The Labute approximate surface area is 125 Å². The van der Waals surface area contributed by atoms with Gasteiger partial charge in [0.05, 0.1) is 6.10 Å². The predicted molar refractivity (Wildman–Crippen MR) is 83.8 cm³/mol. The van der Waals surface area contributed by atoms with Crippen molar-refractivity contribution in [2.45, 2.75) is 32.5 Å². The molecule has 21 heavy (non-hydrogen) atoms. The molecular weight excluding hydrogens is 265 g/mol. The zero-order valence-electron chi connectivity index (χ0n) is 12.4. The lowest BCUT2D eigenvalue weighted by atomic mass is 9.98. The van der Waals surface area contributed by atoms with Crippen LogP contribution in [0.5, 0.6) is 5.75 Å². The summed E-state index contributed by atoms with van der Waals surface area (Å²) in [6.45, 7) is 4.78. The largest absolute Gasteiger partial charge is 0.491 e. The molecule has 2 aromatic carbocycles. The highest BCUT2D eigenvalue weighted by molar-refractivity contribution is 5.63. The van der Waals surface area contributed by atoms with Crippen molar-refractivity contribution in [2.24, 2.45) is 0 Å². The van der Waals surface area contributed by atoms with E-state index in [0.717, 1.165) is 18.7 Å². The zero-order chi connectivity index (χ0) is 14.8. The third-order valence-electron chi connectivity index (χ3n) is 3.71. The molecule has 1 N–H and O–H groups in total. The van der Waals surface area contributed by atoms with Crippen molar-refractivity contribution in [2.75, 3.05) is 11.9 Å². The van der Waals surface area contributed by atoms with Crippen LogP contribution < -0.4 is 10.1 Å². The van der Waals surface area contributed by atoms with Crippen molar-refractivity contribution in [3.05, 3.63) is 59.2 Å². The smallest absolute Gasteiger partial charge is 0.156 e. The normalized spacial score (nSPS) is 14.7. The summed E-state index contributed by atoms with van der Waals surface area (Å²) in [4.78, 5) is 0. The van der Waals surface area contributed by atoms with Gasteiger partial charge in [-0.2, -0.15) is 0 Å². The zero-order valence-corrected chi connectivity index (χ0v) is 12.4. The number of anilines is 1. The highest BCUT2D eigenvalue weighted by atomic mass is 19.1. The van der Waals surface area contributed by atoms with E-state index in [0.29, 0.717) is 16.9 Å². The summed E-state index contributed by atoms with van der Waals surface area (Å²) in [5.41, 5.74) is 3.43. The fourth-order valence-electron chi connectivity index (χ4n) is 2.80. The summed E-state index contributed by atoms with van der Waals surface area (Å²) >= 11 is 0. The number of para-hydroxylation sites is 2. The van der Waals surface area contributed by atoms with Crippen LogP contribution in [0.1, 0.15) is 36.7 Å². The molecule has 2 aromatic rings. The lowest BCUT2D eigenvalue weighted by Gasteiger charge is -2.18. The van der Waals surface area contributed by atoms with E-state index in [1.165, 1.54) is 5.56 Å². The number of halogens is 1. The third-order valence-corrected chi connectivity index (χ3v) is 3.71. The molecule has 1 atom stereocenters. The number of benzene rings is 2. The van der Waals surface area contributed by atoms with Gasteiger partial charge in [-0.25, -0.2) is 4.39 Å². The Morgan fingerprint density at radius 1 is 1.05 bits per heavy atom. The van der Waals surface area contributed by atoms with Crippen LogP contribution in [-0.4, -0.2) is 12.6 Å². The molecule has 1 aliphatic heterocycles. The van der Waals surface area contributed by atoms with Gasteiger partial charge in [-0.1, -0.05) is 36.4 Å². The van der Waals surface area contributed by atoms with Gasteiger partial charge in [0.15, 0.2) is 6.17 Å². The second-order valence-corrected chi connectivity index (χ2v) is 5.63. The highest BCUT2D eigenvalue weighted by Gasteiger charge is 2.24. The Hall–Kier alpha value is -2.03. The minimum atomic E-state index is -1.18. The summed E-state index contributed by atoms with van der Waals surface area (Å²) in [7, 11) is 0. The van der Waals surface area contributed by atoms with Gasteiger partial charge in [0, 0.05) is 23.4 Å². The van der Waals surface area contributed by atoms with E-state index in [1.54, 1.807) is 6.07 Å². The van der Waals surface area contributed by atoms with E-state index in [-0.39, 0.29) is 6.10 Å². The summed E-state index contributed by atoms with van der Waals surface area (Å²) in [5, 5.41) is 3.30. The third kappa shape index (κ3) is 2.73. The van der Waals surface area contributed by atoms with Crippen molar-refractivity contribution >= 4 is 5.69 Å². The van der Waals surface area contributed by atoms with Crippen molar-refractivity contribution in [1.82, 2.24) is 0 Å². The maximum absolute atomic E-state index is 15.1. The van der Waals surface area contributed by atoms with Crippen LogP contribution >= 0.6 is 0 Å². The van der Waals surface area contributed by atoms with E-state index < -0.39 is 6.17 Å². The number of alkyl halides is 1. The second kappa shape index (κ2) is 5.76. The quantitative estimate of drug-likeness (QED) is 0.893. The van der Waals surface area contributed by atoms with E-state index in [4.69, 9.17) is 4.74 Å². The van der Waals surface area contributed by atoms with E-state index in [1.807, 2.05) is 44.2 Å². The first-order chi connectivity index (χ1) is 10.2. The molecule has 3 heteroatoms. The molecule has 0 aromatic heterocycles. The van der Waals surface area contributed by atoms with Crippen LogP contribution in [0.2, 0.25) is 0 Å². The molecule has 1 unspecified atom stereocenters. The molecule has 0 radical (unpaired) electrons. The number of fused-ring (bicyclic) bond motifs is 1. The van der Waals surface area contributed by atoms with Gasteiger partial charge in [0.25, 0.3) is 0 Å². The summed E-state index contributed by atoms with van der Waals surface area (Å²) < 4.78 is 20.9. The summed E-state index contributed by atoms with van der Waals surface area (Å²) in [6, 6.07) is 13.2. The van der Waals surface area contributed by atoms with Crippen molar-refractivity contribution < 1.29 is 9.13 Å². The lowest BCUT2D eigenvalue weighted by molar-refractivity contribution is 0.234. The number of hydrogen-bond donors (Lipinski definition) is 1. The summed E-state index contributed by atoms with van der Waals surface area (Å²) in [6.07, 6.45) is -0.196. The number of hydrogen-bond acceptors (Lipinski definition) is 2. The van der Waals surface area contributed by atoms with Gasteiger partial charge in [0.1, 0.15) is 5.75 Å². The van der Waals surface area contributed by atoms with Gasteiger partial charge in [-0.05, 0) is 31.9 Å². The number of nitrogens with one attached hydrogen (secondary N) is 1. The molecule has 0 saturated carbocycles. The first kappa shape index (κ1) is 13.9. The van der Waals surface area contributed by atoms with Crippen LogP contribution in [0.15, 0.2) is 42.5 Å². The van der Waals surface area contributed by atoms with Crippen LogP contribution in [0, 0.1) is 0 Å². The van der Waals surface area contributed by atoms with Crippen LogP contribution in [-0.2, 0) is 6.42 Å². The van der Waals surface area contributed by atoms with Crippen LogP contribution in [0.3, 0.4) is 0 Å². The highest BCUT2D eigenvalue weighted by Crippen LogP contribution is 2.39. The van der Waals surface area contributed by atoms with Gasteiger partial charge in [0.2, 0.25) is 0 Å². The maximum Gasteiger partial charge on any atom is 0.156 e. The molecular formula is C18H20FNO. The SMILES string of the molecule is CC(C)Oc1ccccc1C(F)c1cccc2c1NCC2. The first-order valence-corrected chi connectivity index (χ1v) is 7.42. The monoisotopic (exact) mass is 285 g/mol. The molecule has 110 valence electrons. The summed E-state index contributed by atoms with van der Waals surface area (Å²) in [5.74, 6) is 0.621. The average molecular weight is 285 g/mol. The van der Waals surface area contributed by atoms with Crippen LogP contribution in [0.25, 0.3) is 0 Å². The molecule has 0 amide bonds. The molecule has 0 spiro atoms. The van der Waals surface area contributed by atoms with E-state index in [9.17, 15) is 0 Å². The number of ether oxygens (including phenoxy) is 1. The van der Waals surface area contributed by atoms with Gasteiger partial charge in [-0.15, -0.1) is 0 Å². The molecule has 1 heterocycles. The standard InChI is InChI=1S/C18H20FNO/c1-12(2)21-16-9-4-3-7-14(16)17(19)15-8-5-6-13-10-11-20-18(13)15/h3-9,12,17,20H,10-11H2,1-2H3. The average Bonchev–Trinajstić information content (AvgIpc) is 2.95. The van der Waals surface area contributed by atoms with Crippen molar-refractivity contribution in [1.29, 1.82) is 0 Å². The van der Waals surface area contributed by atoms with E-state index in [2.05, 4.69) is 11.4 Å². The Balaban J connectivity index is 2.00. The molecule has 0 bridgehead atoms. The molecule has 2 nitrogen and oxygen atoms in total. The van der Waals surface area contributed by atoms with Crippen molar-refractivity contribution in [3.63, 3.8) is 0 Å². The Kier molecular flexibility index (Phi) is 3.82. The van der Waals surface area contributed by atoms with Crippen LogP contribution in [0.4, 0.5) is 10.1 Å². The molecule has 3 rings (SSSR count). The van der Waals surface area contributed by atoms with Gasteiger partial charge < -0.3 is 10.1 Å². The predicted octanol–water partition coefficient (Wildman–Crippen LogP) is 4.50. The first-order valence-electron chi connectivity index (χ1n) is 7.42. The molecule has 0 aliphatic carbocycles. The van der Waals surface area contributed by atoms with Gasteiger partial charge in [-0.3, -0.25) is 0 Å². The fraction of sp³-hybridized carbons (Fsp3) is 0.333. The minimum absolute atomic E-state index is 0.0259. The molecule has 0 saturated heterocycles. The molecule has 1 aliphatic rings. The Morgan fingerprint density at radius 2 is 1.81 bits per heavy atom. The van der Waals surface area contributed by atoms with E-state index >= 15 is 4.39 Å². The Morgan fingerprint density at radius 3 is 2.62 bits per heavy atom. The number of rotatable bonds is 4. The maximum atomic E-state index is 15.1. The second-order valence-electron chi connectivity index (χ2n) is 5.63. The fourth-order valence-corrected chi connectivity index (χ4v) is 2.80. The lowest BCUT2D eigenvalue weighted by Crippen LogP contribution is -2.09. The Bertz CT molecular complexity index is 639.